The minimum atomic E-state index is -0.562. The van der Waals surface area contributed by atoms with Gasteiger partial charge in [0.15, 0.2) is 0 Å². The van der Waals surface area contributed by atoms with Crippen molar-refractivity contribution in [2.24, 2.45) is 0 Å². The molecule has 4 aromatic rings. The van der Waals surface area contributed by atoms with E-state index in [9.17, 15) is 14.4 Å². The van der Waals surface area contributed by atoms with Gasteiger partial charge in [0.2, 0.25) is 0 Å². The van der Waals surface area contributed by atoms with Crippen molar-refractivity contribution in [2.45, 2.75) is 168 Å². The Morgan fingerprint density at radius 2 is 1.19 bits per heavy atom. The molecule has 0 spiro atoms. The van der Waals surface area contributed by atoms with Crippen LogP contribution in [0.25, 0.3) is 11.1 Å². The van der Waals surface area contributed by atoms with Gasteiger partial charge in [-0.05, 0) is 150 Å². The highest BCUT2D eigenvalue weighted by Crippen LogP contribution is 2.38. The molecule has 1 aliphatic carbocycles. The lowest BCUT2D eigenvalue weighted by molar-refractivity contribution is 0.00578. The number of rotatable bonds is 4. The first kappa shape index (κ1) is 49.5. The highest BCUT2D eigenvalue weighted by atomic mass is 79.9. The number of nitrogens with zero attached hydrogens (tertiary/aromatic N) is 5. The first-order valence-corrected chi connectivity index (χ1v) is 22.8. The van der Waals surface area contributed by atoms with Crippen LogP contribution in [0.4, 0.5) is 14.4 Å². The number of amides is 1. The molecule has 2 aromatic heterocycles. The maximum Gasteiger partial charge on any atom is 0.498 e. The number of hydrogen-bond donors (Lipinski definition) is 0. The molecule has 13 nitrogen and oxygen atoms in total. The smallest absolute Gasteiger partial charge is 0.444 e. The van der Waals surface area contributed by atoms with E-state index in [1.807, 2.05) is 107 Å². The van der Waals surface area contributed by atoms with Crippen LogP contribution in [0.15, 0.2) is 77.8 Å². The number of ether oxygens (including phenoxy) is 3. The van der Waals surface area contributed by atoms with Crippen LogP contribution in [0, 0.1) is 0 Å². The summed E-state index contributed by atoms with van der Waals surface area (Å²) in [5, 5.41) is 8.17. The lowest BCUT2D eigenvalue weighted by Crippen LogP contribution is -2.41. The Morgan fingerprint density at radius 3 is 1.76 bits per heavy atom. The highest BCUT2D eigenvalue weighted by Gasteiger charge is 2.52. The Balaban J connectivity index is 0.000000179. The molecule has 1 unspecified atom stereocenters. The fourth-order valence-electron chi connectivity index (χ4n) is 7.32. The molecular weight excluding hydrogens is 865 g/mol. The van der Waals surface area contributed by atoms with Crippen LogP contribution >= 0.6 is 15.9 Å². The molecule has 63 heavy (non-hydrogen) atoms. The molecule has 3 fully saturated rings. The van der Waals surface area contributed by atoms with Crippen molar-refractivity contribution >= 4 is 46.8 Å². The molecule has 15 heteroatoms. The summed E-state index contributed by atoms with van der Waals surface area (Å²) in [4.78, 5) is 38.1. The van der Waals surface area contributed by atoms with Crippen LogP contribution in [0.1, 0.15) is 152 Å². The average molecular weight is 933 g/mol. The van der Waals surface area contributed by atoms with E-state index in [1.165, 1.54) is 35.9 Å². The van der Waals surface area contributed by atoms with Crippen molar-refractivity contribution in [3.63, 3.8) is 0 Å². The summed E-state index contributed by atoms with van der Waals surface area (Å²) < 4.78 is 31.4. The van der Waals surface area contributed by atoms with Gasteiger partial charge in [-0.15, -0.1) is 0 Å². The van der Waals surface area contributed by atoms with E-state index < -0.39 is 47.3 Å². The van der Waals surface area contributed by atoms with Gasteiger partial charge in [-0.3, -0.25) is 0 Å². The van der Waals surface area contributed by atoms with Gasteiger partial charge in [0.25, 0.3) is 0 Å². The summed E-state index contributed by atoms with van der Waals surface area (Å²) in [5.74, 6) is 0.677. The van der Waals surface area contributed by atoms with Gasteiger partial charge < -0.3 is 28.4 Å². The van der Waals surface area contributed by atoms with E-state index >= 15 is 0 Å². The number of hydrogen-bond acceptors (Lipinski definition) is 10. The van der Waals surface area contributed by atoms with E-state index in [4.69, 9.17) is 23.5 Å². The number of carbonyl (C=O) groups excluding carboxylic acids is 3. The lowest BCUT2D eigenvalue weighted by atomic mass is 9.82. The molecule has 0 bridgehead atoms. The molecule has 1 amide bonds. The minimum absolute atomic E-state index is 0.132. The molecule has 4 heterocycles. The maximum absolute atomic E-state index is 12.2. The molecule has 0 N–H and O–H groups in total. The molecular formula is C48H67BBrN5O8. The van der Waals surface area contributed by atoms with E-state index in [0.29, 0.717) is 11.4 Å². The fraction of sp³-hybridized carbons (Fsp3) is 0.562. The third-order valence-corrected chi connectivity index (χ3v) is 11.5. The first-order chi connectivity index (χ1) is 29.2. The van der Waals surface area contributed by atoms with E-state index in [1.54, 1.807) is 24.8 Å². The van der Waals surface area contributed by atoms with Crippen LogP contribution in [0.3, 0.4) is 0 Å². The van der Waals surface area contributed by atoms with E-state index in [0.717, 1.165) is 45.2 Å². The predicted octanol–water partition coefficient (Wildman–Crippen LogP) is 11.5. The number of halogens is 1. The number of aromatic nitrogens is 4. The Morgan fingerprint density at radius 1 is 0.667 bits per heavy atom. The average Bonchev–Trinajstić information content (AvgIpc) is 4.01. The van der Waals surface area contributed by atoms with Crippen LogP contribution in [0.2, 0.25) is 0 Å². The zero-order chi connectivity index (χ0) is 46.5. The molecule has 3 aliphatic rings. The van der Waals surface area contributed by atoms with Gasteiger partial charge in [-0.25, -0.2) is 14.4 Å². The second-order valence-corrected chi connectivity index (χ2v) is 21.4. The van der Waals surface area contributed by atoms with Crippen LogP contribution in [-0.4, -0.2) is 84.4 Å². The normalized spacial score (nSPS) is 18.5. The van der Waals surface area contributed by atoms with Crippen LogP contribution in [0.5, 0.6) is 0 Å². The van der Waals surface area contributed by atoms with Gasteiger partial charge in [-0.2, -0.15) is 19.6 Å². The van der Waals surface area contributed by atoms with Crippen molar-refractivity contribution in [3.8, 4) is 11.1 Å². The topological polar surface area (TPSA) is 136 Å². The highest BCUT2D eigenvalue weighted by molar-refractivity contribution is 9.10. The zero-order valence-corrected chi connectivity index (χ0v) is 41.1. The van der Waals surface area contributed by atoms with Gasteiger partial charge in [0, 0.05) is 40.6 Å². The Hall–Kier alpha value is -4.47. The first-order valence-electron chi connectivity index (χ1n) is 22.0. The quantitative estimate of drug-likeness (QED) is 0.144. The van der Waals surface area contributed by atoms with Gasteiger partial charge >= 0.3 is 25.4 Å². The molecule has 0 radical (unpaired) electrons. The maximum atomic E-state index is 12.2. The summed E-state index contributed by atoms with van der Waals surface area (Å²) in [6.45, 7) is 25.3. The lowest BCUT2D eigenvalue weighted by Gasteiger charge is -2.32. The standard InChI is InChI=1S/C19H24N2O2.C15H20BrNO2.C14H23BN2O4/c1-19(2,3)23-18(22)21-13-17(12-20-21)16-10-6-9-15(11-16)14-7-4-5-8-14;1-15(2,3)19-14(18)17-9-5-8-13(17)11-6-4-7-12(16)10-11;1-12(2,3)19-11(18)17-9-10(8-16-17)15-20-13(4,5)14(6,7)21-15/h6,9-14H,4-5,7-8H2,1-3H3;4,6-7,10,13H,5,8-9H2,1-3H3;8-9H,1-7H3. The largest absolute Gasteiger partial charge is 0.498 e. The zero-order valence-electron chi connectivity index (χ0n) is 39.5. The SMILES string of the molecule is CC(C)(C)OC(=O)N1CCCC1c1cccc(Br)c1.CC(C)(C)OC(=O)n1cc(-c2cccc(C3CCCC3)c2)cn1.CC(C)(C)OC(=O)n1cc(B2OC(C)(C)C(C)(C)O2)cn1. The second-order valence-electron chi connectivity index (χ2n) is 20.4. The van der Waals surface area contributed by atoms with E-state index in [-0.39, 0.29) is 12.1 Å². The number of likely N-dealkylation sites (tertiary alicyclic amines) is 1. The Labute approximate surface area is 382 Å². The Kier molecular flexibility index (Phi) is 15.5. The van der Waals surface area contributed by atoms with Crippen molar-refractivity contribution in [1.29, 1.82) is 0 Å². The predicted molar refractivity (Wildman–Crippen MR) is 249 cm³/mol. The Bertz CT molecular complexity index is 2180. The molecule has 2 aliphatic heterocycles. The molecule has 1 saturated carbocycles. The summed E-state index contributed by atoms with van der Waals surface area (Å²) >= 11 is 3.48. The van der Waals surface area contributed by atoms with Crippen molar-refractivity contribution in [3.05, 3.63) is 88.9 Å². The summed E-state index contributed by atoms with van der Waals surface area (Å²) in [5.41, 5.74) is 2.92. The number of benzene rings is 2. The second kappa shape index (κ2) is 19.7. The molecule has 2 saturated heterocycles. The monoisotopic (exact) mass is 931 g/mol. The molecule has 342 valence electrons. The fourth-order valence-corrected chi connectivity index (χ4v) is 7.74. The third kappa shape index (κ3) is 14.0. The van der Waals surface area contributed by atoms with Crippen molar-refractivity contribution < 1.29 is 37.9 Å². The molecule has 1 atom stereocenters. The van der Waals surface area contributed by atoms with Gasteiger partial charge in [0.05, 0.1) is 23.4 Å². The molecule has 7 rings (SSSR count). The van der Waals surface area contributed by atoms with Gasteiger partial charge in [-0.1, -0.05) is 65.2 Å². The minimum Gasteiger partial charge on any atom is -0.444 e. The molecule has 2 aromatic carbocycles. The number of carbonyl (C=O) groups is 3. The van der Waals surface area contributed by atoms with E-state index in [2.05, 4.69) is 62.5 Å². The van der Waals surface area contributed by atoms with Crippen LogP contribution < -0.4 is 5.46 Å². The third-order valence-electron chi connectivity index (χ3n) is 11.0. The van der Waals surface area contributed by atoms with Crippen molar-refractivity contribution in [1.82, 2.24) is 24.5 Å². The van der Waals surface area contributed by atoms with Crippen LogP contribution in [-0.2, 0) is 23.5 Å². The summed E-state index contributed by atoms with van der Waals surface area (Å²) in [6.07, 6.45) is 12.6. The summed E-state index contributed by atoms with van der Waals surface area (Å²) in [7, 11) is -0.536. The van der Waals surface area contributed by atoms with Gasteiger partial charge in [0.1, 0.15) is 16.8 Å². The summed E-state index contributed by atoms with van der Waals surface area (Å²) in [6, 6.07) is 16.9. The van der Waals surface area contributed by atoms with Crippen molar-refractivity contribution in [2.75, 3.05) is 6.54 Å².